The van der Waals surface area contributed by atoms with Crippen LogP contribution < -0.4 is 10.5 Å². The average molecular weight is 560 g/mol. The first-order chi connectivity index (χ1) is 19.7. The molecule has 4 aromatic rings. The van der Waals surface area contributed by atoms with Crippen LogP contribution in [0, 0.1) is 23.1 Å². The van der Waals surface area contributed by atoms with Gasteiger partial charge in [-0.25, -0.2) is 27.8 Å². The Labute approximate surface area is 232 Å². The molecule has 0 unspecified atom stereocenters. The second kappa shape index (κ2) is 10.2. The van der Waals surface area contributed by atoms with Gasteiger partial charge in [-0.05, 0) is 43.0 Å². The van der Waals surface area contributed by atoms with Gasteiger partial charge in [-0.2, -0.15) is 10.4 Å². The number of hydrogen-bond acceptors (Lipinski definition) is 7. The summed E-state index contributed by atoms with van der Waals surface area (Å²) in [6, 6.07) is 14.0. The summed E-state index contributed by atoms with van der Waals surface area (Å²) in [4.78, 5) is 22.4. The highest BCUT2D eigenvalue weighted by molar-refractivity contribution is 5.99. The first-order valence-electron chi connectivity index (χ1n) is 13.0. The Morgan fingerprint density at radius 3 is 2.66 bits per heavy atom. The van der Waals surface area contributed by atoms with Crippen LogP contribution in [0.2, 0.25) is 0 Å². The molecule has 2 aliphatic rings. The Morgan fingerprint density at radius 2 is 1.95 bits per heavy atom. The summed E-state index contributed by atoms with van der Waals surface area (Å²) >= 11 is 0. The van der Waals surface area contributed by atoms with E-state index in [1.165, 1.54) is 23.1 Å². The molecule has 1 atom stereocenters. The van der Waals surface area contributed by atoms with Crippen LogP contribution in [0.3, 0.4) is 0 Å². The molecule has 2 aromatic carbocycles. The zero-order valence-electron chi connectivity index (χ0n) is 21.7. The number of nitrogens with two attached hydrogens (primary N) is 1. The fourth-order valence-corrected chi connectivity index (χ4v) is 5.03. The standard InChI is InChI=1S/C29H24F3N7O2/c30-23-11-21(41-20-4-2-1-3-5-20)8-9-22(23)25-24-26(34)35-16-36-27(24)39(37-25)14-19-12-29(31,32)15-38(19)28(40)18(13-33)10-17-6-7-17/h1-5,8-11,16-17,19H,6-7,12,14-15H2,(H2,34,35,36)/b18-10+/t19-/m0/s1. The number of rotatable bonds is 7. The van der Waals surface area contributed by atoms with E-state index in [1.54, 1.807) is 36.4 Å². The third-order valence-corrected chi connectivity index (χ3v) is 7.13. The van der Waals surface area contributed by atoms with Crippen molar-refractivity contribution >= 4 is 22.8 Å². The summed E-state index contributed by atoms with van der Waals surface area (Å²) in [6.45, 7) is -0.992. The van der Waals surface area contributed by atoms with Crippen LogP contribution in [-0.4, -0.2) is 49.1 Å². The van der Waals surface area contributed by atoms with Crippen LogP contribution in [0.1, 0.15) is 19.3 Å². The predicted octanol–water partition coefficient (Wildman–Crippen LogP) is 5.10. The minimum atomic E-state index is -3.15. The van der Waals surface area contributed by atoms with Crippen molar-refractivity contribution in [1.29, 1.82) is 5.26 Å². The molecule has 1 aliphatic carbocycles. The second-order valence-electron chi connectivity index (χ2n) is 10.2. The van der Waals surface area contributed by atoms with Crippen molar-refractivity contribution in [3.63, 3.8) is 0 Å². The minimum absolute atomic E-state index is 0.0316. The molecule has 0 bridgehead atoms. The molecule has 2 aromatic heterocycles. The number of nitrogen functional groups attached to an aromatic ring is 1. The van der Waals surface area contributed by atoms with E-state index >= 15 is 4.39 Å². The van der Waals surface area contributed by atoms with E-state index in [0.29, 0.717) is 5.75 Å². The molecule has 0 spiro atoms. The van der Waals surface area contributed by atoms with Crippen LogP contribution in [0.15, 0.2) is 66.5 Å². The number of aromatic nitrogens is 4. The summed E-state index contributed by atoms with van der Waals surface area (Å²) in [6.07, 6.45) is 3.84. The molecule has 1 aliphatic heterocycles. The lowest BCUT2D eigenvalue weighted by atomic mass is 10.1. The topological polar surface area (TPSA) is 123 Å². The number of fused-ring (bicyclic) bond motifs is 1. The van der Waals surface area contributed by atoms with Crippen molar-refractivity contribution in [1.82, 2.24) is 24.6 Å². The van der Waals surface area contributed by atoms with Gasteiger partial charge in [0.05, 0.1) is 24.5 Å². The van der Waals surface area contributed by atoms with Crippen molar-refractivity contribution in [2.24, 2.45) is 5.92 Å². The molecule has 1 saturated heterocycles. The molecule has 9 nitrogen and oxygen atoms in total. The number of allylic oxidation sites excluding steroid dienone is 1. The largest absolute Gasteiger partial charge is 0.457 e. The Kier molecular flexibility index (Phi) is 6.57. The van der Waals surface area contributed by atoms with Crippen molar-refractivity contribution < 1.29 is 22.7 Å². The molecule has 3 heterocycles. The number of carbonyl (C=O) groups excluding carboxylic acids is 1. The van der Waals surface area contributed by atoms with E-state index in [4.69, 9.17) is 10.5 Å². The summed E-state index contributed by atoms with van der Waals surface area (Å²) in [5.41, 5.74) is 6.41. The van der Waals surface area contributed by atoms with Crippen LogP contribution in [0.25, 0.3) is 22.3 Å². The van der Waals surface area contributed by atoms with Crippen molar-refractivity contribution in [2.45, 2.75) is 37.8 Å². The first kappa shape index (κ1) is 26.3. The highest BCUT2D eigenvalue weighted by Gasteiger charge is 2.48. The molecule has 1 saturated carbocycles. The number of carbonyl (C=O) groups is 1. The number of likely N-dealkylation sites (tertiary alicyclic amines) is 1. The molecule has 208 valence electrons. The summed E-state index contributed by atoms with van der Waals surface area (Å²) < 4.78 is 51.7. The van der Waals surface area contributed by atoms with Crippen LogP contribution >= 0.6 is 0 Å². The lowest BCUT2D eigenvalue weighted by Gasteiger charge is -2.23. The molecule has 6 rings (SSSR count). The first-order valence-corrected chi connectivity index (χ1v) is 13.0. The number of nitriles is 1. The van der Waals surface area contributed by atoms with Gasteiger partial charge in [-0.1, -0.05) is 24.3 Å². The second-order valence-corrected chi connectivity index (χ2v) is 10.2. The monoisotopic (exact) mass is 559 g/mol. The number of alkyl halides is 2. The normalized spacial score (nSPS) is 18.4. The Hall–Kier alpha value is -4.92. The maximum atomic E-state index is 15.4. The molecule has 12 heteroatoms. The lowest BCUT2D eigenvalue weighted by molar-refractivity contribution is -0.128. The minimum Gasteiger partial charge on any atom is -0.457 e. The molecule has 0 radical (unpaired) electrons. The number of benzene rings is 2. The molecular formula is C29H24F3N7O2. The van der Waals surface area contributed by atoms with Gasteiger partial charge < -0.3 is 15.4 Å². The third kappa shape index (κ3) is 5.30. The smallest absolute Gasteiger partial charge is 0.267 e. The number of halogens is 3. The van der Waals surface area contributed by atoms with Gasteiger partial charge in [-0.15, -0.1) is 0 Å². The van der Waals surface area contributed by atoms with E-state index in [9.17, 15) is 18.8 Å². The maximum Gasteiger partial charge on any atom is 0.267 e. The quantitative estimate of drug-likeness (QED) is 0.247. The van der Waals surface area contributed by atoms with Gasteiger partial charge in [0.2, 0.25) is 0 Å². The van der Waals surface area contributed by atoms with Gasteiger partial charge in [0.1, 0.15) is 46.8 Å². The molecule has 1 amide bonds. The number of anilines is 1. The van der Waals surface area contributed by atoms with E-state index in [-0.39, 0.29) is 51.9 Å². The van der Waals surface area contributed by atoms with E-state index in [2.05, 4.69) is 15.1 Å². The number of hydrogen-bond donors (Lipinski definition) is 1. The van der Waals surface area contributed by atoms with E-state index in [0.717, 1.165) is 17.7 Å². The maximum absolute atomic E-state index is 15.4. The van der Waals surface area contributed by atoms with Gasteiger partial charge in [0.15, 0.2) is 5.65 Å². The lowest BCUT2D eigenvalue weighted by Crippen LogP contribution is -2.39. The summed E-state index contributed by atoms with van der Waals surface area (Å²) in [5, 5.41) is 14.3. The average Bonchev–Trinajstić information content (AvgIpc) is 3.62. The zero-order valence-corrected chi connectivity index (χ0v) is 21.7. The molecule has 2 N–H and O–H groups in total. The Bertz CT molecular complexity index is 1710. The Morgan fingerprint density at radius 1 is 1.17 bits per heavy atom. The fourth-order valence-electron chi connectivity index (χ4n) is 5.03. The van der Waals surface area contributed by atoms with Crippen LogP contribution in [-0.2, 0) is 11.3 Å². The van der Waals surface area contributed by atoms with Crippen molar-refractivity contribution in [2.75, 3.05) is 12.3 Å². The molecule has 41 heavy (non-hydrogen) atoms. The van der Waals surface area contributed by atoms with Gasteiger partial charge >= 0.3 is 0 Å². The predicted molar refractivity (Wildman–Crippen MR) is 143 cm³/mol. The molecule has 2 fully saturated rings. The van der Waals surface area contributed by atoms with Crippen LogP contribution in [0.4, 0.5) is 19.0 Å². The Balaban J connectivity index is 1.34. The van der Waals surface area contributed by atoms with E-state index in [1.807, 2.05) is 12.1 Å². The highest BCUT2D eigenvalue weighted by atomic mass is 19.3. The van der Waals surface area contributed by atoms with Crippen molar-refractivity contribution in [3.8, 4) is 28.8 Å². The fraction of sp³-hybridized carbons (Fsp3) is 0.276. The number of amides is 1. The van der Waals surface area contributed by atoms with Crippen LogP contribution in [0.5, 0.6) is 11.5 Å². The SMILES string of the molecule is N#C/C(=C\C1CC1)C(=O)N1CC(F)(F)C[C@H]1Cn1nc(-c2ccc(Oc3ccccc3)cc2F)c2c(N)ncnc21. The molecular weight excluding hydrogens is 535 g/mol. The number of para-hydroxylation sites is 1. The van der Waals surface area contributed by atoms with Gasteiger partial charge in [-0.3, -0.25) is 4.79 Å². The van der Waals surface area contributed by atoms with E-state index < -0.39 is 36.7 Å². The zero-order chi connectivity index (χ0) is 28.7. The van der Waals surface area contributed by atoms with Crippen molar-refractivity contribution in [3.05, 3.63) is 72.3 Å². The van der Waals surface area contributed by atoms with Gasteiger partial charge in [0.25, 0.3) is 11.8 Å². The number of nitrogens with zero attached hydrogens (tertiary/aromatic N) is 6. The highest BCUT2D eigenvalue weighted by Crippen LogP contribution is 2.38. The summed E-state index contributed by atoms with van der Waals surface area (Å²) in [7, 11) is 0. The number of ether oxygens (including phenoxy) is 1. The summed E-state index contributed by atoms with van der Waals surface area (Å²) in [5.74, 6) is -3.60. The van der Waals surface area contributed by atoms with Gasteiger partial charge in [0, 0.05) is 18.1 Å². The third-order valence-electron chi connectivity index (χ3n) is 7.13.